The van der Waals surface area contributed by atoms with Crippen LogP contribution in [0.5, 0.6) is 0 Å². The molecule has 0 fully saturated rings. The van der Waals surface area contributed by atoms with E-state index in [-0.39, 0.29) is 0 Å². The molecule has 2 aromatic heterocycles. The lowest BCUT2D eigenvalue weighted by Gasteiger charge is -2.03. The number of hydrogen-bond donors (Lipinski definition) is 1. The Bertz CT molecular complexity index is 468. The molecule has 0 aliphatic heterocycles. The van der Waals surface area contributed by atoms with E-state index < -0.39 is 0 Å². The zero-order valence-electron chi connectivity index (χ0n) is 9.94. The number of nitrogens with one attached hydrogen (secondary N) is 1. The topological polar surface area (TPSA) is 47.7 Å². The summed E-state index contributed by atoms with van der Waals surface area (Å²) in [6.45, 7) is 2.88. The van der Waals surface area contributed by atoms with E-state index in [2.05, 4.69) is 28.5 Å². The average molecular weight is 219 g/mol. The number of rotatable bonds is 4. The van der Waals surface area contributed by atoms with Crippen LogP contribution in [0.4, 0.5) is 5.82 Å². The number of nitrogens with zero attached hydrogens (tertiary/aromatic N) is 4. The third-order valence-corrected chi connectivity index (χ3v) is 2.52. The molecule has 0 saturated carbocycles. The predicted molar refractivity (Wildman–Crippen MR) is 63.1 cm³/mol. The van der Waals surface area contributed by atoms with E-state index in [0.717, 1.165) is 24.5 Å². The van der Waals surface area contributed by atoms with Crippen molar-refractivity contribution in [3.63, 3.8) is 0 Å². The van der Waals surface area contributed by atoms with Crippen LogP contribution in [0.1, 0.15) is 18.2 Å². The first-order valence-electron chi connectivity index (χ1n) is 5.43. The quantitative estimate of drug-likeness (QED) is 0.844. The number of aryl methyl sites for hydroxylation is 3. The first-order valence-corrected chi connectivity index (χ1v) is 5.43. The van der Waals surface area contributed by atoms with Gasteiger partial charge in [0.1, 0.15) is 5.82 Å². The SMILES string of the molecule is CCc1cc(NCc2cnn(C)c2)n(C)n1. The highest BCUT2D eigenvalue weighted by Crippen LogP contribution is 2.10. The summed E-state index contributed by atoms with van der Waals surface area (Å²) in [4.78, 5) is 0. The summed E-state index contributed by atoms with van der Waals surface area (Å²) in [7, 11) is 3.87. The molecule has 2 aromatic rings. The van der Waals surface area contributed by atoms with E-state index >= 15 is 0 Å². The lowest BCUT2D eigenvalue weighted by molar-refractivity contribution is 0.747. The number of hydrogen-bond acceptors (Lipinski definition) is 3. The summed E-state index contributed by atoms with van der Waals surface area (Å²) in [5.41, 5.74) is 2.28. The van der Waals surface area contributed by atoms with E-state index in [4.69, 9.17) is 0 Å². The molecule has 86 valence electrons. The van der Waals surface area contributed by atoms with Crippen LogP contribution in [-0.4, -0.2) is 19.6 Å². The van der Waals surface area contributed by atoms with Gasteiger partial charge in [0, 0.05) is 38.5 Å². The fraction of sp³-hybridized carbons (Fsp3) is 0.455. The minimum atomic E-state index is 0.774. The number of anilines is 1. The van der Waals surface area contributed by atoms with Crippen molar-refractivity contribution in [3.05, 3.63) is 29.7 Å². The summed E-state index contributed by atoms with van der Waals surface area (Å²) in [5.74, 6) is 1.04. The zero-order chi connectivity index (χ0) is 11.5. The van der Waals surface area contributed by atoms with Gasteiger partial charge >= 0.3 is 0 Å². The predicted octanol–water partition coefficient (Wildman–Crippen LogP) is 1.33. The van der Waals surface area contributed by atoms with Crippen molar-refractivity contribution in [3.8, 4) is 0 Å². The molecule has 16 heavy (non-hydrogen) atoms. The summed E-state index contributed by atoms with van der Waals surface area (Å²) in [6, 6.07) is 2.08. The minimum Gasteiger partial charge on any atom is -0.366 e. The Labute approximate surface area is 95.1 Å². The van der Waals surface area contributed by atoms with E-state index in [0.29, 0.717) is 0 Å². The molecule has 0 aliphatic rings. The van der Waals surface area contributed by atoms with Gasteiger partial charge in [-0.05, 0) is 6.42 Å². The summed E-state index contributed by atoms with van der Waals surface area (Å²) in [6.07, 6.45) is 4.83. The van der Waals surface area contributed by atoms with Crippen LogP contribution in [0.25, 0.3) is 0 Å². The second kappa shape index (κ2) is 4.38. The van der Waals surface area contributed by atoms with Gasteiger partial charge in [-0.1, -0.05) is 6.92 Å². The van der Waals surface area contributed by atoms with Crippen molar-refractivity contribution in [2.45, 2.75) is 19.9 Å². The van der Waals surface area contributed by atoms with Crippen LogP contribution in [0.2, 0.25) is 0 Å². The molecule has 2 rings (SSSR count). The van der Waals surface area contributed by atoms with Crippen LogP contribution in [0, 0.1) is 0 Å². The molecule has 0 radical (unpaired) electrons. The average Bonchev–Trinajstić information content (AvgIpc) is 2.82. The molecular formula is C11H17N5. The van der Waals surface area contributed by atoms with Gasteiger partial charge in [0.15, 0.2) is 0 Å². The molecule has 0 aliphatic carbocycles. The Kier molecular flexibility index (Phi) is 2.94. The molecule has 0 aromatic carbocycles. The van der Waals surface area contributed by atoms with Gasteiger partial charge in [-0.2, -0.15) is 10.2 Å². The van der Waals surface area contributed by atoms with Gasteiger partial charge in [0.25, 0.3) is 0 Å². The van der Waals surface area contributed by atoms with E-state index in [1.807, 2.05) is 31.2 Å². The smallest absolute Gasteiger partial charge is 0.124 e. The molecule has 0 saturated heterocycles. The lowest BCUT2D eigenvalue weighted by Crippen LogP contribution is -2.03. The highest BCUT2D eigenvalue weighted by atomic mass is 15.3. The minimum absolute atomic E-state index is 0.774. The molecule has 5 nitrogen and oxygen atoms in total. The first kappa shape index (κ1) is 10.7. The van der Waals surface area contributed by atoms with Gasteiger partial charge < -0.3 is 5.32 Å². The second-order valence-corrected chi connectivity index (χ2v) is 3.87. The summed E-state index contributed by atoms with van der Waals surface area (Å²) >= 11 is 0. The number of aromatic nitrogens is 4. The third-order valence-electron chi connectivity index (χ3n) is 2.52. The standard InChI is InChI=1S/C11H17N5/c1-4-10-5-11(16(3)14-10)12-6-9-7-13-15(2)8-9/h5,7-8,12H,4,6H2,1-3H3. The van der Waals surface area contributed by atoms with Crippen LogP contribution in [-0.2, 0) is 27.1 Å². The van der Waals surface area contributed by atoms with Crippen molar-refractivity contribution in [1.82, 2.24) is 19.6 Å². The summed E-state index contributed by atoms with van der Waals surface area (Å²) < 4.78 is 3.67. The molecule has 0 bridgehead atoms. The van der Waals surface area contributed by atoms with Crippen molar-refractivity contribution in [1.29, 1.82) is 0 Å². The Hall–Kier alpha value is -1.78. The Balaban J connectivity index is 2.01. The summed E-state index contributed by atoms with van der Waals surface area (Å²) in [5, 5.41) is 11.9. The molecule has 1 N–H and O–H groups in total. The molecule has 5 heteroatoms. The zero-order valence-corrected chi connectivity index (χ0v) is 9.94. The highest BCUT2D eigenvalue weighted by Gasteiger charge is 2.03. The van der Waals surface area contributed by atoms with Crippen molar-refractivity contribution in [2.75, 3.05) is 5.32 Å². The fourth-order valence-electron chi connectivity index (χ4n) is 1.62. The van der Waals surface area contributed by atoms with E-state index in [9.17, 15) is 0 Å². The van der Waals surface area contributed by atoms with Crippen LogP contribution < -0.4 is 5.32 Å². The van der Waals surface area contributed by atoms with Gasteiger partial charge in [-0.3, -0.25) is 9.36 Å². The lowest BCUT2D eigenvalue weighted by atomic mass is 10.3. The maximum atomic E-state index is 4.38. The molecule has 0 spiro atoms. The maximum Gasteiger partial charge on any atom is 0.124 e. The van der Waals surface area contributed by atoms with Crippen LogP contribution in [0.3, 0.4) is 0 Å². The van der Waals surface area contributed by atoms with Gasteiger partial charge in [-0.25, -0.2) is 0 Å². The highest BCUT2D eigenvalue weighted by molar-refractivity contribution is 5.37. The Morgan fingerprint density at radius 2 is 2.19 bits per heavy atom. The fourth-order valence-corrected chi connectivity index (χ4v) is 1.62. The van der Waals surface area contributed by atoms with Crippen LogP contribution >= 0.6 is 0 Å². The molecule has 0 amide bonds. The van der Waals surface area contributed by atoms with Gasteiger partial charge in [0.05, 0.1) is 11.9 Å². The van der Waals surface area contributed by atoms with Crippen molar-refractivity contribution in [2.24, 2.45) is 14.1 Å². The normalized spacial score (nSPS) is 10.7. The first-order chi connectivity index (χ1) is 7.69. The monoisotopic (exact) mass is 219 g/mol. The maximum absolute atomic E-state index is 4.38. The molecular weight excluding hydrogens is 202 g/mol. The largest absolute Gasteiger partial charge is 0.366 e. The second-order valence-electron chi connectivity index (χ2n) is 3.87. The molecule has 2 heterocycles. The van der Waals surface area contributed by atoms with Crippen molar-refractivity contribution >= 4 is 5.82 Å². The van der Waals surface area contributed by atoms with Crippen molar-refractivity contribution < 1.29 is 0 Å². The van der Waals surface area contributed by atoms with E-state index in [1.165, 1.54) is 5.56 Å². The Morgan fingerprint density at radius 1 is 1.38 bits per heavy atom. The Morgan fingerprint density at radius 3 is 2.75 bits per heavy atom. The van der Waals surface area contributed by atoms with Gasteiger partial charge in [0.2, 0.25) is 0 Å². The third kappa shape index (κ3) is 2.24. The molecule has 0 unspecified atom stereocenters. The van der Waals surface area contributed by atoms with Crippen LogP contribution in [0.15, 0.2) is 18.5 Å². The molecule has 0 atom stereocenters. The van der Waals surface area contributed by atoms with E-state index in [1.54, 1.807) is 4.68 Å². The van der Waals surface area contributed by atoms with Gasteiger partial charge in [-0.15, -0.1) is 0 Å².